The molecule has 20 heavy (non-hydrogen) atoms. The zero-order valence-electron chi connectivity index (χ0n) is 12.0. The Morgan fingerprint density at radius 3 is 2.75 bits per heavy atom. The third-order valence-electron chi connectivity index (χ3n) is 2.80. The van der Waals surface area contributed by atoms with Crippen LogP contribution < -0.4 is 15.8 Å². The van der Waals surface area contributed by atoms with Crippen LogP contribution in [-0.2, 0) is 4.79 Å². The van der Waals surface area contributed by atoms with Gasteiger partial charge in [-0.25, -0.2) is 0 Å². The van der Waals surface area contributed by atoms with Gasteiger partial charge in [-0.2, -0.15) is 0 Å². The zero-order chi connectivity index (χ0) is 15.1. The molecule has 0 aliphatic rings. The number of benzene rings is 1. The van der Waals surface area contributed by atoms with Crippen LogP contribution in [0.15, 0.2) is 29.4 Å². The molecule has 0 spiro atoms. The summed E-state index contributed by atoms with van der Waals surface area (Å²) in [5.74, 6) is -0.505. The van der Waals surface area contributed by atoms with Gasteiger partial charge in [0, 0.05) is 11.8 Å². The van der Waals surface area contributed by atoms with Gasteiger partial charge in [0.2, 0.25) is 5.91 Å². The van der Waals surface area contributed by atoms with Gasteiger partial charge in [-0.1, -0.05) is 25.1 Å². The Bertz CT molecular complexity index is 486. The molecule has 4 N–H and O–H groups in total. The topological polar surface area (TPSA) is 96.9 Å². The second-order valence-corrected chi connectivity index (χ2v) is 4.70. The van der Waals surface area contributed by atoms with Crippen molar-refractivity contribution in [3.05, 3.63) is 24.3 Å². The van der Waals surface area contributed by atoms with Gasteiger partial charge in [0.25, 0.3) is 0 Å². The minimum Gasteiger partial charge on any atom is -0.494 e. The number of oxime groups is 1. The van der Waals surface area contributed by atoms with E-state index in [0.717, 1.165) is 0 Å². The Labute approximate surface area is 118 Å². The number of carbonyl (C=O) groups is 1. The molecule has 0 fully saturated rings. The molecule has 0 aromatic heterocycles. The molecule has 1 unspecified atom stereocenters. The Morgan fingerprint density at radius 2 is 2.20 bits per heavy atom. The van der Waals surface area contributed by atoms with E-state index in [0.29, 0.717) is 18.0 Å². The third kappa shape index (κ3) is 4.15. The van der Waals surface area contributed by atoms with Crippen LogP contribution in [0.1, 0.15) is 20.8 Å². The fourth-order valence-electron chi connectivity index (χ4n) is 1.89. The molecule has 0 radical (unpaired) electrons. The van der Waals surface area contributed by atoms with Gasteiger partial charge in [-0.3, -0.25) is 4.79 Å². The standard InChI is InChI=1S/C14H21N3O3/c1-4-20-11-7-5-6-10(8-11)16-14(18)12(9(2)3)13(15)17-19/h5-9,12,19H,4H2,1-3H3,(H2,15,17)(H,16,18). The number of hydrogen-bond acceptors (Lipinski definition) is 4. The minimum atomic E-state index is -0.684. The largest absolute Gasteiger partial charge is 0.494 e. The maximum absolute atomic E-state index is 12.2. The highest BCUT2D eigenvalue weighted by atomic mass is 16.5. The molecule has 6 nitrogen and oxygen atoms in total. The zero-order valence-corrected chi connectivity index (χ0v) is 12.0. The highest BCUT2D eigenvalue weighted by Crippen LogP contribution is 2.19. The lowest BCUT2D eigenvalue weighted by molar-refractivity contribution is -0.119. The first-order valence-corrected chi connectivity index (χ1v) is 6.50. The number of anilines is 1. The summed E-state index contributed by atoms with van der Waals surface area (Å²) >= 11 is 0. The molecular formula is C14H21N3O3. The summed E-state index contributed by atoms with van der Waals surface area (Å²) in [5, 5.41) is 14.4. The molecule has 1 rings (SSSR count). The van der Waals surface area contributed by atoms with Crippen LogP contribution in [0.2, 0.25) is 0 Å². The number of rotatable bonds is 6. The average molecular weight is 279 g/mol. The summed E-state index contributed by atoms with van der Waals surface area (Å²) in [6.45, 7) is 6.10. The fraction of sp³-hybridized carbons (Fsp3) is 0.429. The van der Waals surface area contributed by atoms with E-state index in [1.165, 1.54) is 0 Å². The molecule has 0 saturated carbocycles. The Kier molecular flexibility index (Phi) is 5.83. The second kappa shape index (κ2) is 7.37. The molecule has 0 heterocycles. The summed E-state index contributed by atoms with van der Waals surface area (Å²) in [6.07, 6.45) is 0. The molecule has 0 saturated heterocycles. The molecule has 110 valence electrons. The predicted molar refractivity (Wildman–Crippen MR) is 78.0 cm³/mol. The van der Waals surface area contributed by atoms with Crippen LogP contribution >= 0.6 is 0 Å². The Morgan fingerprint density at radius 1 is 1.50 bits per heavy atom. The van der Waals surface area contributed by atoms with Crippen LogP contribution in [0.3, 0.4) is 0 Å². The molecular weight excluding hydrogens is 258 g/mol. The first kappa shape index (κ1) is 15.8. The fourth-order valence-corrected chi connectivity index (χ4v) is 1.89. The van der Waals surface area contributed by atoms with Gasteiger partial charge >= 0.3 is 0 Å². The summed E-state index contributed by atoms with van der Waals surface area (Å²) in [5.41, 5.74) is 6.17. The van der Waals surface area contributed by atoms with Gasteiger partial charge in [0.05, 0.1) is 6.61 Å². The number of ether oxygens (including phenoxy) is 1. The van der Waals surface area contributed by atoms with Gasteiger partial charge in [0.15, 0.2) is 5.84 Å². The normalized spacial score (nSPS) is 13.1. The quantitative estimate of drug-likeness (QED) is 0.321. The van der Waals surface area contributed by atoms with Gasteiger partial charge in [-0.15, -0.1) is 0 Å². The van der Waals surface area contributed by atoms with Crippen LogP contribution in [-0.4, -0.2) is 23.6 Å². The van der Waals surface area contributed by atoms with Crippen molar-refractivity contribution in [2.45, 2.75) is 20.8 Å². The van der Waals surface area contributed by atoms with Crippen molar-refractivity contribution in [3.8, 4) is 5.75 Å². The Hall–Kier alpha value is -2.24. The van der Waals surface area contributed by atoms with Crippen molar-refractivity contribution in [1.29, 1.82) is 0 Å². The van der Waals surface area contributed by atoms with Crippen molar-refractivity contribution >= 4 is 17.4 Å². The van der Waals surface area contributed by atoms with E-state index in [4.69, 9.17) is 15.7 Å². The summed E-state index contributed by atoms with van der Waals surface area (Å²) < 4.78 is 5.36. The maximum Gasteiger partial charge on any atom is 0.235 e. The number of hydrogen-bond donors (Lipinski definition) is 3. The summed E-state index contributed by atoms with van der Waals surface area (Å²) in [6, 6.07) is 7.08. The number of amides is 1. The van der Waals surface area contributed by atoms with Crippen LogP contribution in [0, 0.1) is 11.8 Å². The predicted octanol–water partition coefficient (Wildman–Crippen LogP) is 2.04. The van der Waals surface area contributed by atoms with E-state index < -0.39 is 5.92 Å². The second-order valence-electron chi connectivity index (χ2n) is 4.70. The highest BCUT2D eigenvalue weighted by Gasteiger charge is 2.26. The Balaban J connectivity index is 2.85. The lowest BCUT2D eigenvalue weighted by Crippen LogP contribution is -2.38. The van der Waals surface area contributed by atoms with E-state index in [-0.39, 0.29) is 17.7 Å². The number of amidine groups is 1. The van der Waals surface area contributed by atoms with E-state index in [1.807, 2.05) is 26.8 Å². The van der Waals surface area contributed by atoms with Crippen molar-refractivity contribution in [1.82, 2.24) is 0 Å². The highest BCUT2D eigenvalue weighted by molar-refractivity contribution is 6.07. The SMILES string of the molecule is CCOc1cccc(NC(=O)C(C(N)=NO)C(C)C)c1. The van der Waals surface area contributed by atoms with E-state index in [1.54, 1.807) is 18.2 Å². The van der Waals surface area contributed by atoms with Crippen molar-refractivity contribution in [3.63, 3.8) is 0 Å². The molecule has 0 aliphatic carbocycles. The lowest BCUT2D eigenvalue weighted by atomic mass is 9.94. The molecule has 0 aliphatic heterocycles. The maximum atomic E-state index is 12.2. The number of nitrogens with two attached hydrogens (primary N) is 1. The van der Waals surface area contributed by atoms with Crippen molar-refractivity contribution < 1.29 is 14.7 Å². The van der Waals surface area contributed by atoms with Gasteiger partial charge < -0.3 is 21.0 Å². The van der Waals surface area contributed by atoms with Crippen LogP contribution in [0.4, 0.5) is 5.69 Å². The molecule has 1 amide bonds. The summed E-state index contributed by atoms with van der Waals surface area (Å²) in [4.78, 5) is 12.2. The van der Waals surface area contributed by atoms with Crippen LogP contribution in [0.5, 0.6) is 5.75 Å². The number of nitrogens with zero attached hydrogens (tertiary/aromatic N) is 1. The van der Waals surface area contributed by atoms with Crippen molar-refractivity contribution in [2.24, 2.45) is 22.7 Å². The van der Waals surface area contributed by atoms with E-state index in [2.05, 4.69) is 10.5 Å². The van der Waals surface area contributed by atoms with E-state index >= 15 is 0 Å². The first-order valence-electron chi connectivity index (χ1n) is 6.50. The first-order chi connectivity index (χ1) is 9.49. The molecule has 1 atom stereocenters. The number of nitrogens with one attached hydrogen (secondary N) is 1. The van der Waals surface area contributed by atoms with E-state index in [9.17, 15) is 4.79 Å². The van der Waals surface area contributed by atoms with Crippen LogP contribution in [0.25, 0.3) is 0 Å². The lowest BCUT2D eigenvalue weighted by Gasteiger charge is -2.19. The average Bonchev–Trinajstić information content (AvgIpc) is 2.39. The third-order valence-corrected chi connectivity index (χ3v) is 2.80. The van der Waals surface area contributed by atoms with Gasteiger partial charge in [-0.05, 0) is 25.0 Å². The minimum absolute atomic E-state index is 0.0824. The van der Waals surface area contributed by atoms with Crippen molar-refractivity contribution in [2.75, 3.05) is 11.9 Å². The monoisotopic (exact) mass is 279 g/mol. The summed E-state index contributed by atoms with van der Waals surface area (Å²) in [7, 11) is 0. The van der Waals surface area contributed by atoms with Gasteiger partial charge in [0.1, 0.15) is 11.7 Å². The smallest absolute Gasteiger partial charge is 0.235 e. The number of carbonyl (C=O) groups excluding carboxylic acids is 1. The molecule has 0 bridgehead atoms. The molecule has 6 heteroatoms. The molecule has 1 aromatic carbocycles. The molecule has 1 aromatic rings.